The second kappa shape index (κ2) is 8.57. The second-order valence-electron chi connectivity index (χ2n) is 8.47. The van der Waals surface area contributed by atoms with E-state index in [0.717, 1.165) is 22.8 Å². The van der Waals surface area contributed by atoms with Gasteiger partial charge >= 0.3 is 0 Å². The average molecular weight is 467 g/mol. The van der Waals surface area contributed by atoms with Gasteiger partial charge in [0, 0.05) is 18.4 Å². The third-order valence-electron chi connectivity index (χ3n) is 6.39. The predicted molar refractivity (Wildman–Crippen MR) is 133 cm³/mol. The molecule has 5 aromatic rings. The highest BCUT2D eigenvalue weighted by Crippen LogP contribution is 2.33. The second-order valence-corrected chi connectivity index (χ2v) is 9.41. The summed E-state index contributed by atoms with van der Waals surface area (Å²) in [4.78, 5) is 22.3. The minimum Gasteiger partial charge on any atom is -0.497 e. The van der Waals surface area contributed by atoms with Gasteiger partial charge in [-0.05, 0) is 46.4 Å². The lowest BCUT2D eigenvalue weighted by Crippen LogP contribution is -2.21. The van der Waals surface area contributed by atoms with Crippen LogP contribution in [-0.2, 0) is 12.2 Å². The lowest BCUT2D eigenvalue weighted by Gasteiger charge is -2.23. The van der Waals surface area contributed by atoms with E-state index in [1.54, 1.807) is 29.6 Å². The van der Waals surface area contributed by atoms with Crippen molar-refractivity contribution in [2.75, 3.05) is 7.11 Å². The van der Waals surface area contributed by atoms with Crippen LogP contribution in [0.2, 0.25) is 0 Å². The number of Topliss-reactive ketones (excluding diaryl/α,β-unsaturated/α-hetero) is 1. The largest absolute Gasteiger partial charge is 0.497 e. The molecule has 1 atom stereocenters. The summed E-state index contributed by atoms with van der Waals surface area (Å²) in [6.45, 7) is 0. The van der Waals surface area contributed by atoms with Crippen molar-refractivity contribution in [1.29, 1.82) is 0 Å². The van der Waals surface area contributed by atoms with E-state index in [4.69, 9.17) is 9.72 Å². The molecule has 1 aliphatic carbocycles. The molecule has 1 aliphatic rings. The molecular weight excluding hydrogens is 444 g/mol. The first-order valence-electron chi connectivity index (χ1n) is 11.2. The van der Waals surface area contributed by atoms with E-state index in [1.807, 2.05) is 24.3 Å². The normalized spacial score (nSPS) is 15.6. The van der Waals surface area contributed by atoms with Gasteiger partial charge in [-0.3, -0.25) is 4.79 Å². The van der Waals surface area contributed by atoms with Gasteiger partial charge in [0.15, 0.2) is 5.78 Å². The fraction of sp³-hybridized carbons (Fsp3) is 0.185. The van der Waals surface area contributed by atoms with Gasteiger partial charge in [0.25, 0.3) is 5.78 Å². The lowest BCUT2D eigenvalue weighted by molar-refractivity contribution is 0.0962. The molecule has 6 rings (SSSR count). The van der Waals surface area contributed by atoms with Crippen molar-refractivity contribution in [3.05, 3.63) is 95.3 Å². The molecule has 3 aromatic carbocycles. The van der Waals surface area contributed by atoms with Crippen LogP contribution in [-0.4, -0.2) is 32.5 Å². The summed E-state index contributed by atoms with van der Waals surface area (Å²) in [5.74, 6) is 2.29. The Kier molecular flexibility index (Phi) is 5.26. The minimum absolute atomic E-state index is 0.0944. The number of carbonyl (C=O) groups is 1. The maximum Gasteiger partial charge on any atom is 0.253 e. The van der Waals surface area contributed by atoms with Crippen molar-refractivity contribution < 1.29 is 9.53 Å². The quantitative estimate of drug-likeness (QED) is 0.319. The van der Waals surface area contributed by atoms with Crippen LogP contribution < -0.4 is 4.74 Å². The van der Waals surface area contributed by atoms with Gasteiger partial charge in [-0.2, -0.15) is 4.98 Å². The minimum atomic E-state index is 0.0944. The molecule has 0 fully saturated rings. The van der Waals surface area contributed by atoms with E-state index in [9.17, 15) is 4.79 Å². The Labute approximate surface area is 201 Å². The molecule has 0 saturated carbocycles. The molecule has 0 aliphatic heterocycles. The Morgan fingerprint density at radius 2 is 1.82 bits per heavy atom. The first kappa shape index (κ1) is 20.9. The standard InChI is InChI=1S/C27H22N4O2S/c1-33-21-11-9-17(10-12-21)20-13-24-23(25(32)14-20)15-31-26(28-24)29-27(30-31)34-16-19-7-4-6-18-5-2-3-8-22(18)19/h2-12,15,20H,13-14,16H2,1H3/t20-/m1/s1. The Bertz CT molecular complexity index is 1520. The molecule has 6 nitrogen and oxygen atoms in total. The van der Waals surface area contributed by atoms with Gasteiger partial charge in [-0.25, -0.2) is 9.50 Å². The molecule has 0 N–H and O–H groups in total. The summed E-state index contributed by atoms with van der Waals surface area (Å²) in [6, 6.07) is 22.6. The number of hydrogen-bond donors (Lipinski definition) is 0. The SMILES string of the molecule is COc1ccc([C@H]2CC(=O)c3cn4nc(SCc5cccc6ccccc56)nc4nc3C2)cc1. The molecule has 168 valence electrons. The maximum atomic E-state index is 12.9. The Morgan fingerprint density at radius 1 is 1.00 bits per heavy atom. The average Bonchev–Trinajstić information content (AvgIpc) is 3.28. The first-order valence-corrected chi connectivity index (χ1v) is 12.2. The zero-order valence-corrected chi connectivity index (χ0v) is 19.5. The molecule has 7 heteroatoms. The van der Waals surface area contributed by atoms with Crippen molar-refractivity contribution in [1.82, 2.24) is 19.6 Å². The van der Waals surface area contributed by atoms with Crippen LogP contribution in [0.5, 0.6) is 5.75 Å². The van der Waals surface area contributed by atoms with Gasteiger partial charge in [0.05, 0.1) is 18.4 Å². The molecule has 0 unspecified atom stereocenters. The number of carbonyl (C=O) groups excluding carboxylic acids is 1. The number of benzene rings is 3. The van der Waals surface area contributed by atoms with Gasteiger partial charge < -0.3 is 4.74 Å². The Hall–Kier alpha value is -3.71. The number of aromatic nitrogens is 4. The summed E-state index contributed by atoms with van der Waals surface area (Å²) in [7, 11) is 1.65. The first-order chi connectivity index (χ1) is 16.7. The van der Waals surface area contributed by atoms with E-state index in [-0.39, 0.29) is 11.7 Å². The van der Waals surface area contributed by atoms with E-state index in [1.165, 1.54) is 16.3 Å². The molecule has 34 heavy (non-hydrogen) atoms. The van der Waals surface area contributed by atoms with Crippen LogP contribution in [0.25, 0.3) is 16.6 Å². The number of nitrogens with zero attached hydrogens (tertiary/aromatic N) is 4. The molecule has 0 bridgehead atoms. The molecule has 0 saturated heterocycles. The number of thioether (sulfide) groups is 1. The number of fused-ring (bicyclic) bond motifs is 3. The van der Waals surface area contributed by atoms with Crippen LogP contribution in [0.4, 0.5) is 0 Å². The van der Waals surface area contributed by atoms with Crippen molar-refractivity contribution >= 4 is 34.1 Å². The maximum absolute atomic E-state index is 12.9. The van der Waals surface area contributed by atoms with Gasteiger partial charge in [-0.1, -0.05) is 66.4 Å². The van der Waals surface area contributed by atoms with Gasteiger partial charge in [0.1, 0.15) is 5.75 Å². The van der Waals surface area contributed by atoms with E-state index in [2.05, 4.69) is 52.5 Å². The number of rotatable bonds is 5. The smallest absolute Gasteiger partial charge is 0.253 e. The molecule has 2 heterocycles. The third kappa shape index (κ3) is 3.82. The van der Waals surface area contributed by atoms with E-state index >= 15 is 0 Å². The van der Waals surface area contributed by atoms with Crippen LogP contribution in [0.3, 0.4) is 0 Å². The van der Waals surface area contributed by atoms with Crippen LogP contribution >= 0.6 is 11.8 Å². The highest BCUT2D eigenvalue weighted by Gasteiger charge is 2.28. The lowest BCUT2D eigenvalue weighted by atomic mass is 9.82. The van der Waals surface area contributed by atoms with Crippen molar-refractivity contribution in [3.63, 3.8) is 0 Å². The number of methoxy groups -OCH3 is 1. The molecule has 0 spiro atoms. The number of ketones is 1. The van der Waals surface area contributed by atoms with Gasteiger partial charge in [-0.15, -0.1) is 5.10 Å². The summed E-state index contributed by atoms with van der Waals surface area (Å²) in [5.41, 5.74) is 3.80. The zero-order chi connectivity index (χ0) is 23.1. The summed E-state index contributed by atoms with van der Waals surface area (Å²) in [5, 5.41) is 7.71. The Balaban J connectivity index is 1.26. The number of ether oxygens (including phenoxy) is 1. The van der Waals surface area contributed by atoms with Gasteiger partial charge in [0.2, 0.25) is 5.16 Å². The van der Waals surface area contributed by atoms with Crippen molar-refractivity contribution in [2.24, 2.45) is 0 Å². The summed E-state index contributed by atoms with van der Waals surface area (Å²) >= 11 is 1.58. The van der Waals surface area contributed by atoms with Crippen LogP contribution in [0.15, 0.2) is 78.1 Å². The summed E-state index contributed by atoms with van der Waals surface area (Å²) in [6.07, 6.45) is 2.96. The highest BCUT2D eigenvalue weighted by atomic mass is 32.2. The molecular formula is C27H22N4O2S. The molecule has 2 aromatic heterocycles. The van der Waals surface area contributed by atoms with E-state index in [0.29, 0.717) is 29.3 Å². The Morgan fingerprint density at radius 3 is 2.68 bits per heavy atom. The topological polar surface area (TPSA) is 69.4 Å². The highest BCUT2D eigenvalue weighted by molar-refractivity contribution is 7.98. The zero-order valence-electron chi connectivity index (χ0n) is 18.6. The van der Waals surface area contributed by atoms with Crippen LogP contribution in [0.1, 0.15) is 39.5 Å². The third-order valence-corrected chi connectivity index (χ3v) is 7.27. The number of hydrogen-bond acceptors (Lipinski definition) is 6. The van der Waals surface area contributed by atoms with Crippen molar-refractivity contribution in [2.45, 2.75) is 29.7 Å². The fourth-order valence-corrected chi connectivity index (χ4v) is 5.43. The molecule has 0 radical (unpaired) electrons. The van der Waals surface area contributed by atoms with Crippen molar-refractivity contribution in [3.8, 4) is 5.75 Å². The fourth-order valence-electron chi connectivity index (χ4n) is 4.60. The predicted octanol–water partition coefficient (Wildman–Crippen LogP) is 5.49. The van der Waals surface area contributed by atoms with E-state index < -0.39 is 0 Å². The molecule has 0 amide bonds. The van der Waals surface area contributed by atoms with Crippen LogP contribution in [0, 0.1) is 0 Å². The summed E-state index contributed by atoms with van der Waals surface area (Å²) < 4.78 is 6.89. The monoisotopic (exact) mass is 466 g/mol.